The van der Waals surface area contributed by atoms with Gasteiger partial charge in [-0.1, -0.05) is 52.5 Å². The highest BCUT2D eigenvalue weighted by Gasteiger charge is 2.27. The highest BCUT2D eigenvalue weighted by atomic mass is 79.9. The first kappa shape index (κ1) is 13.1. The third-order valence-corrected chi connectivity index (χ3v) is 4.43. The van der Waals surface area contributed by atoms with Gasteiger partial charge in [0.1, 0.15) is 0 Å². The van der Waals surface area contributed by atoms with Crippen molar-refractivity contribution in [1.29, 1.82) is 0 Å². The third-order valence-electron chi connectivity index (χ3n) is 3.83. The molecule has 2 rings (SSSR count). The lowest BCUT2D eigenvalue weighted by atomic mass is 9.91. The van der Waals surface area contributed by atoms with Gasteiger partial charge in [-0.15, -0.1) is 0 Å². The van der Waals surface area contributed by atoms with Gasteiger partial charge in [-0.3, -0.25) is 0 Å². The minimum Gasteiger partial charge on any atom is -0.376 e. The van der Waals surface area contributed by atoms with Crippen LogP contribution in [0.25, 0.3) is 0 Å². The topological polar surface area (TPSA) is 9.23 Å². The van der Waals surface area contributed by atoms with Crippen molar-refractivity contribution in [1.82, 2.24) is 0 Å². The molecule has 1 aliphatic rings. The average molecular weight is 297 g/mol. The van der Waals surface area contributed by atoms with E-state index < -0.39 is 0 Å². The fraction of sp³-hybridized carbons (Fsp3) is 0.600. The summed E-state index contributed by atoms with van der Waals surface area (Å²) in [5, 5.41) is 0.913. The first-order valence-electron chi connectivity index (χ1n) is 6.44. The Bertz CT molecular complexity index is 369. The van der Waals surface area contributed by atoms with Crippen LogP contribution in [0.3, 0.4) is 0 Å². The van der Waals surface area contributed by atoms with E-state index in [0.717, 1.165) is 5.33 Å². The standard InChI is InChI=1S/C15H21BrO/c1-11-7-8-14(13(9-11)10-16)15(17-2)12-5-3-4-6-12/h7-9,12,15H,3-6,10H2,1-2H3/t15-/m1/s1. The molecule has 1 fully saturated rings. The summed E-state index contributed by atoms with van der Waals surface area (Å²) in [6.45, 7) is 2.15. The first-order valence-corrected chi connectivity index (χ1v) is 7.56. The summed E-state index contributed by atoms with van der Waals surface area (Å²) in [6, 6.07) is 6.71. The zero-order valence-electron chi connectivity index (χ0n) is 10.7. The minimum atomic E-state index is 0.283. The zero-order chi connectivity index (χ0) is 12.3. The minimum absolute atomic E-state index is 0.283. The SMILES string of the molecule is CO[C@@H](c1ccc(C)cc1CBr)C1CCCC1. The Kier molecular flexibility index (Phi) is 4.63. The molecule has 0 bridgehead atoms. The van der Waals surface area contributed by atoms with Crippen molar-refractivity contribution in [3.63, 3.8) is 0 Å². The molecule has 94 valence electrons. The summed E-state index contributed by atoms with van der Waals surface area (Å²) in [6.07, 6.45) is 5.63. The molecular weight excluding hydrogens is 276 g/mol. The van der Waals surface area contributed by atoms with E-state index in [2.05, 4.69) is 41.1 Å². The first-order chi connectivity index (χ1) is 8.26. The lowest BCUT2D eigenvalue weighted by Crippen LogP contribution is -2.13. The molecule has 1 saturated carbocycles. The summed E-state index contributed by atoms with van der Waals surface area (Å²) in [4.78, 5) is 0. The summed E-state index contributed by atoms with van der Waals surface area (Å²) in [5.41, 5.74) is 4.08. The van der Waals surface area contributed by atoms with E-state index in [1.54, 1.807) is 0 Å². The van der Waals surface area contributed by atoms with Crippen molar-refractivity contribution >= 4 is 15.9 Å². The van der Waals surface area contributed by atoms with Crippen LogP contribution in [-0.2, 0) is 10.1 Å². The van der Waals surface area contributed by atoms with E-state index in [0.29, 0.717) is 5.92 Å². The Morgan fingerprint density at radius 1 is 1.35 bits per heavy atom. The summed E-state index contributed by atoms with van der Waals surface area (Å²) in [7, 11) is 1.85. The van der Waals surface area contributed by atoms with Crippen LogP contribution in [0.2, 0.25) is 0 Å². The number of rotatable bonds is 4. The number of ether oxygens (including phenoxy) is 1. The molecule has 0 unspecified atom stereocenters. The van der Waals surface area contributed by atoms with Gasteiger partial charge in [0.05, 0.1) is 6.10 Å². The van der Waals surface area contributed by atoms with E-state index >= 15 is 0 Å². The van der Waals surface area contributed by atoms with Crippen LogP contribution in [0.4, 0.5) is 0 Å². The molecular formula is C15H21BrO. The van der Waals surface area contributed by atoms with Crippen LogP contribution in [0.5, 0.6) is 0 Å². The molecule has 1 atom stereocenters. The molecule has 1 aliphatic carbocycles. The molecule has 2 heteroatoms. The maximum absolute atomic E-state index is 5.78. The predicted molar refractivity (Wildman–Crippen MR) is 75.5 cm³/mol. The average Bonchev–Trinajstić information content (AvgIpc) is 2.85. The molecule has 0 radical (unpaired) electrons. The van der Waals surface area contributed by atoms with Crippen molar-refractivity contribution in [2.45, 2.75) is 44.0 Å². The van der Waals surface area contributed by atoms with E-state index in [9.17, 15) is 0 Å². The third kappa shape index (κ3) is 2.92. The number of aryl methyl sites for hydroxylation is 1. The smallest absolute Gasteiger partial charge is 0.0852 e. The maximum Gasteiger partial charge on any atom is 0.0852 e. The van der Waals surface area contributed by atoms with E-state index in [4.69, 9.17) is 4.74 Å². The number of benzene rings is 1. The van der Waals surface area contributed by atoms with E-state index in [1.165, 1.54) is 42.4 Å². The van der Waals surface area contributed by atoms with Crippen molar-refractivity contribution in [3.05, 3.63) is 34.9 Å². The quantitative estimate of drug-likeness (QED) is 0.728. The molecule has 0 amide bonds. The van der Waals surface area contributed by atoms with Gasteiger partial charge in [-0.05, 0) is 36.8 Å². The van der Waals surface area contributed by atoms with Gasteiger partial charge in [0.2, 0.25) is 0 Å². The summed E-state index contributed by atoms with van der Waals surface area (Å²) >= 11 is 3.59. The number of alkyl halides is 1. The van der Waals surface area contributed by atoms with E-state index in [-0.39, 0.29) is 6.10 Å². The van der Waals surface area contributed by atoms with Crippen molar-refractivity contribution in [2.75, 3.05) is 7.11 Å². The van der Waals surface area contributed by atoms with Crippen molar-refractivity contribution < 1.29 is 4.74 Å². The molecule has 17 heavy (non-hydrogen) atoms. The molecule has 0 aliphatic heterocycles. The molecule has 1 nitrogen and oxygen atoms in total. The normalized spacial score (nSPS) is 18.5. The Morgan fingerprint density at radius 3 is 2.65 bits per heavy atom. The molecule has 0 aromatic heterocycles. The van der Waals surface area contributed by atoms with Crippen LogP contribution in [0.15, 0.2) is 18.2 Å². The molecule has 0 saturated heterocycles. The van der Waals surface area contributed by atoms with Gasteiger partial charge in [0, 0.05) is 12.4 Å². The van der Waals surface area contributed by atoms with Gasteiger partial charge < -0.3 is 4.74 Å². The highest BCUT2D eigenvalue weighted by Crippen LogP contribution is 2.39. The largest absolute Gasteiger partial charge is 0.376 e. The second-order valence-electron chi connectivity index (χ2n) is 5.04. The number of hydrogen-bond acceptors (Lipinski definition) is 1. The number of halogens is 1. The lowest BCUT2D eigenvalue weighted by Gasteiger charge is -2.24. The molecule has 1 aromatic carbocycles. The van der Waals surface area contributed by atoms with Gasteiger partial charge in [0.15, 0.2) is 0 Å². The zero-order valence-corrected chi connectivity index (χ0v) is 12.3. The second-order valence-corrected chi connectivity index (χ2v) is 5.60. The molecule has 0 heterocycles. The summed E-state index contributed by atoms with van der Waals surface area (Å²) in [5.74, 6) is 0.709. The molecule has 0 N–H and O–H groups in total. The van der Waals surface area contributed by atoms with Crippen LogP contribution in [0.1, 0.15) is 48.5 Å². The Hall–Kier alpha value is -0.340. The monoisotopic (exact) mass is 296 g/mol. The maximum atomic E-state index is 5.78. The van der Waals surface area contributed by atoms with Crippen molar-refractivity contribution in [3.8, 4) is 0 Å². The van der Waals surface area contributed by atoms with Crippen LogP contribution in [0, 0.1) is 12.8 Å². The van der Waals surface area contributed by atoms with Gasteiger partial charge >= 0.3 is 0 Å². The number of methoxy groups -OCH3 is 1. The fourth-order valence-corrected chi connectivity index (χ4v) is 3.45. The molecule has 1 aromatic rings. The second kappa shape index (κ2) is 6.01. The fourth-order valence-electron chi connectivity index (χ4n) is 2.96. The predicted octanol–water partition coefficient (Wildman–Crippen LogP) is 4.77. The van der Waals surface area contributed by atoms with Gasteiger partial charge in [0.25, 0.3) is 0 Å². The van der Waals surface area contributed by atoms with Crippen LogP contribution >= 0.6 is 15.9 Å². The summed E-state index contributed by atoms with van der Waals surface area (Å²) < 4.78 is 5.78. The van der Waals surface area contributed by atoms with Crippen LogP contribution < -0.4 is 0 Å². The van der Waals surface area contributed by atoms with Gasteiger partial charge in [-0.2, -0.15) is 0 Å². The number of hydrogen-bond donors (Lipinski definition) is 0. The van der Waals surface area contributed by atoms with Gasteiger partial charge in [-0.25, -0.2) is 0 Å². The molecule has 0 spiro atoms. The van der Waals surface area contributed by atoms with E-state index in [1.807, 2.05) is 7.11 Å². The Morgan fingerprint density at radius 2 is 2.06 bits per heavy atom. The van der Waals surface area contributed by atoms with Crippen LogP contribution in [-0.4, -0.2) is 7.11 Å². The Balaban J connectivity index is 2.29. The highest BCUT2D eigenvalue weighted by molar-refractivity contribution is 9.08. The Labute approximate surface area is 113 Å². The van der Waals surface area contributed by atoms with Crippen molar-refractivity contribution in [2.24, 2.45) is 5.92 Å². The lowest BCUT2D eigenvalue weighted by molar-refractivity contribution is 0.0530.